The lowest BCUT2D eigenvalue weighted by Crippen LogP contribution is -2.60. The van der Waals surface area contributed by atoms with Crippen molar-refractivity contribution in [3.05, 3.63) is 48.0 Å². The van der Waals surface area contributed by atoms with E-state index in [-0.39, 0.29) is 24.2 Å². The van der Waals surface area contributed by atoms with Gasteiger partial charge < -0.3 is 20.3 Å². The Morgan fingerprint density at radius 2 is 1.96 bits per heavy atom. The number of nitrogens with one attached hydrogen (secondary N) is 2. The van der Waals surface area contributed by atoms with Crippen molar-refractivity contribution in [2.24, 2.45) is 5.92 Å². The largest absolute Gasteiger partial charge is 0.389 e. The quantitative estimate of drug-likeness (QED) is 0.620. The van der Waals surface area contributed by atoms with E-state index in [4.69, 9.17) is 0 Å². The van der Waals surface area contributed by atoms with Crippen LogP contribution in [0.15, 0.2) is 42.5 Å². The number of hydrogen-bond acceptors (Lipinski definition) is 3. The Hall–Kier alpha value is -2.08. The molecule has 3 heterocycles. The number of carbonyl (C=O) groups is 1. The summed E-state index contributed by atoms with van der Waals surface area (Å²) in [6, 6.07) is 14.5. The van der Waals surface area contributed by atoms with E-state index in [1.807, 2.05) is 23.1 Å². The van der Waals surface area contributed by atoms with Crippen LogP contribution in [-0.4, -0.2) is 52.7 Å². The van der Waals surface area contributed by atoms with Crippen LogP contribution in [0.25, 0.3) is 21.8 Å². The minimum absolute atomic E-state index is 0. The number of aliphatic hydroxyl groups is 1. The molecule has 3 N–H and O–H groups in total. The highest BCUT2D eigenvalue weighted by atomic mass is 35.5. The highest BCUT2D eigenvalue weighted by molar-refractivity contribution is 6.07. The van der Waals surface area contributed by atoms with Crippen molar-refractivity contribution < 1.29 is 9.90 Å². The lowest BCUT2D eigenvalue weighted by molar-refractivity contribution is -0.141. The van der Waals surface area contributed by atoms with Crippen molar-refractivity contribution in [1.82, 2.24) is 15.2 Å². The second-order valence-electron chi connectivity index (χ2n) is 8.07. The third kappa shape index (κ3) is 3.28. The van der Waals surface area contributed by atoms with E-state index in [0.717, 1.165) is 36.1 Å². The summed E-state index contributed by atoms with van der Waals surface area (Å²) in [4.78, 5) is 18.3. The molecule has 0 bridgehead atoms. The van der Waals surface area contributed by atoms with Gasteiger partial charge in [-0.05, 0) is 43.1 Å². The Morgan fingerprint density at radius 1 is 1.14 bits per heavy atom. The predicted molar refractivity (Wildman–Crippen MR) is 114 cm³/mol. The average Bonchev–Trinajstić information content (AvgIpc) is 3.05. The van der Waals surface area contributed by atoms with Crippen molar-refractivity contribution in [1.29, 1.82) is 0 Å². The second kappa shape index (κ2) is 7.39. The number of H-pyrrole nitrogens is 1. The van der Waals surface area contributed by atoms with Gasteiger partial charge in [0.25, 0.3) is 0 Å². The fourth-order valence-electron chi connectivity index (χ4n) is 4.74. The zero-order valence-corrected chi connectivity index (χ0v) is 16.6. The van der Waals surface area contributed by atoms with Gasteiger partial charge in [-0.1, -0.05) is 24.3 Å². The van der Waals surface area contributed by atoms with Gasteiger partial charge in [-0.15, -0.1) is 12.4 Å². The number of rotatable bonds is 2. The Kier molecular flexibility index (Phi) is 5.08. The lowest BCUT2D eigenvalue weighted by Gasteiger charge is -2.47. The number of benzene rings is 2. The van der Waals surface area contributed by atoms with Crippen LogP contribution in [0.3, 0.4) is 0 Å². The van der Waals surface area contributed by atoms with Gasteiger partial charge in [-0.3, -0.25) is 4.79 Å². The standard InChI is InChI=1S/C22H25N3O2.ClH/c26-21(25-10-8-22(27)7-9-23-13-16(22)14-25)12-15-5-6-20-18(11-15)17-3-1-2-4-19(17)24-20;/h1-6,11,16,23-24,27H,7-10,12-14H2;1H/t16-,22-;/m0./s1. The van der Waals surface area contributed by atoms with Crippen LogP contribution in [0.5, 0.6) is 0 Å². The first-order valence-electron chi connectivity index (χ1n) is 9.83. The summed E-state index contributed by atoms with van der Waals surface area (Å²) >= 11 is 0. The Labute approximate surface area is 170 Å². The summed E-state index contributed by atoms with van der Waals surface area (Å²) in [5.41, 5.74) is 2.67. The van der Waals surface area contributed by atoms with E-state index in [2.05, 4.69) is 34.6 Å². The Morgan fingerprint density at radius 3 is 2.86 bits per heavy atom. The average molecular weight is 400 g/mol. The molecule has 2 atom stereocenters. The first kappa shape index (κ1) is 19.2. The molecule has 0 spiro atoms. The molecule has 2 aliphatic rings. The van der Waals surface area contributed by atoms with Crippen molar-refractivity contribution >= 4 is 40.1 Å². The smallest absolute Gasteiger partial charge is 0.227 e. The zero-order chi connectivity index (χ0) is 18.4. The van der Waals surface area contributed by atoms with Gasteiger partial charge in [0.1, 0.15) is 0 Å². The maximum atomic E-state index is 12.9. The van der Waals surface area contributed by atoms with Crippen LogP contribution >= 0.6 is 12.4 Å². The van der Waals surface area contributed by atoms with Gasteiger partial charge in [0, 0.05) is 47.4 Å². The molecule has 2 fully saturated rings. The van der Waals surface area contributed by atoms with Crippen molar-refractivity contribution in [2.45, 2.75) is 24.9 Å². The number of piperidine rings is 2. The van der Waals surface area contributed by atoms with E-state index >= 15 is 0 Å². The molecule has 2 aliphatic heterocycles. The number of fused-ring (bicyclic) bond motifs is 4. The molecule has 6 heteroatoms. The summed E-state index contributed by atoms with van der Waals surface area (Å²) in [5, 5.41) is 16.5. The lowest BCUT2D eigenvalue weighted by atomic mass is 9.76. The van der Waals surface area contributed by atoms with Gasteiger partial charge in [-0.25, -0.2) is 0 Å². The molecule has 148 valence electrons. The van der Waals surface area contributed by atoms with Gasteiger partial charge in [0.05, 0.1) is 12.0 Å². The molecule has 1 amide bonds. The van der Waals surface area contributed by atoms with Crippen molar-refractivity contribution in [2.75, 3.05) is 26.2 Å². The van der Waals surface area contributed by atoms with Crippen molar-refractivity contribution in [3.8, 4) is 0 Å². The number of carbonyl (C=O) groups excluding carboxylic acids is 1. The van der Waals surface area contributed by atoms with E-state index in [1.165, 1.54) is 10.8 Å². The van der Waals surface area contributed by atoms with E-state index < -0.39 is 5.60 Å². The third-order valence-corrected chi connectivity index (χ3v) is 6.42. The molecule has 28 heavy (non-hydrogen) atoms. The Bertz CT molecular complexity index is 1020. The SMILES string of the molecule is Cl.O=C(Cc1ccc2[nH]c3ccccc3c2c1)N1CC[C@@]2(O)CCNC[C@H]2C1. The van der Waals surface area contributed by atoms with Crippen molar-refractivity contribution in [3.63, 3.8) is 0 Å². The third-order valence-electron chi connectivity index (χ3n) is 6.42. The maximum absolute atomic E-state index is 12.9. The number of aromatic amines is 1. The van der Waals surface area contributed by atoms with Crippen LogP contribution in [-0.2, 0) is 11.2 Å². The number of hydrogen-bond donors (Lipinski definition) is 3. The predicted octanol–water partition coefficient (Wildman–Crippen LogP) is 2.86. The first-order chi connectivity index (χ1) is 13.1. The minimum Gasteiger partial charge on any atom is -0.389 e. The summed E-state index contributed by atoms with van der Waals surface area (Å²) in [6.07, 6.45) is 1.89. The summed E-state index contributed by atoms with van der Waals surface area (Å²) < 4.78 is 0. The first-order valence-corrected chi connectivity index (χ1v) is 9.83. The fraction of sp³-hybridized carbons (Fsp3) is 0.409. The molecular formula is C22H26ClN3O2. The van der Waals surface area contributed by atoms with Crippen LogP contribution in [0, 0.1) is 5.92 Å². The van der Waals surface area contributed by atoms with Gasteiger partial charge in [0.15, 0.2) is 0 Å². The molecule has 1 aromatic heterocycles. The molecule has 0 aliphatic carbocycles. The maximum Gasteiger partial charge on any atom is 0.227 e. The van der Waals surface area contributed by atoms with Gasteiger partial charge in [0.2, 0.25) is 5.91 Å². The number of amides is 1. The second-order valence-corrected chi connectivity index (χ2v) is 8.07. The van der Waals surface area contributed by atoms with E-state index in [9.17, 15) is 9.90 Å². The van der Waals surface area contributed by atoms with E-state index in [0.29, 0.717) is 25.9 Å². The number of halogens is 1. The number of nitrogens with zero attached hydrogens (tertiary/aromatic N) is 1. The summed E-state index contributed by atoms with van der Waals surface area (Å²) in [7, 11) is 0. The van der Waals surface area contributed by atoms with Crippen LogP contribution < -0.4 is 5.32 Å². The Balaban J connectivity index is 0.00000192. The number of aromatic nitrogens is 1. The van der Waals surface area contributed by atoms with E-state index in [1.54, 1.807) is 0 Å². The molecule has 0 unspecified atom stereocenters. The fourth-order valence-corrected chi connectivity index (χ4v) is 4.74. The molecule has 2 saturated heterocycles. The molecule has 2 aromatic carbocycles. The number of likely N-dealkylation sites (tertiary alicyclic amines) is 1. The highest BCUT2D eigenvalue weighted by Gasteiger charge is 2.43. The number of para-hydroxylation sites is 1. The minimum atomic E-state index is -0.592. The highest BCUT2D eigenvalue weighted by Crippen LogP contribution is 2.33. The molecule has 5 rings (SSSR count). The monoisotopic (exact) mass is 399 g/mol. The van der Waals surface area contributed by atoms with Crippen LogP contribution in [0.4, 0.5) is 0 Å². The molecule has 3 aromatic rings. The topological polar surface area (TPSA) is 68.4 Å². The normalized spacial score (nSPS) is 24.8. The zero-order valence-electron chi connectivity index (χ0n) is 15.8. The molecule has 5 nitrogen and oxygen atoms in total. The van der Waals surface area contributed by atoms with Crippen LogP contribution in [0.1, 0.15) is 18.4 Å². The molecular weight excluding hydrogens is 374 g/mol. The van der Waals surface area contributed by atoms with Crippen LogP contribution in [0.2, 0.25) is 0 Å². The summed E-state index contributed by atoms with van der Waals surface area (Å²) in [5.74, 6) is 0.293. The molecule has 0 radical (unpaired) electrons. The van der Waals surface area contributed by atoms with Gasteiger partial charge >= 0.3 is 0 Å². The van der Waals surface area contributed by atoms with Gasteiger partial charge in [-0.2, -0.15) is 0 Å². The molecule has 0 saturated carbocycles. The summed E-state index contributed by atoms with van der Waals surface area (Å²) in [6.45, 7) is 2.96.